The van der Waals surface area contributed by atoms with Gasteiger partial charge in [0.25, 0.3) is 0 Å². The maximum absolute atomic E-state index is 5.08. The Bertz CT molecular complexity index is 314. The molecule has 0 aliphatic rings. The molecule has 0 aliphatic carbocycles. The lowest BCUT2D eigenvalue weighted by atomic mass is 10.5. The van der Waals surface area contributed by atoms with Gasteiger partial charge in [-0.2, -0.15) is 0 Å². The zero-order valence-corrected chi connectivity index (χ0v) is 9.94. The summed E-state index contributed by atoms with van der Waals surface area (Å²) in [5.41, 5.74) is 0. The van der Waals surface area contributed by atoms with Gasteiger partial charge in [-0.1, -0.05) is 22.3 Å². The van der Waals surface area contributed by atoms with E-state index in [1.165, 1.54) is 9.75 Å². The molecular weight excluding hydrogens is 228 g/mol. The van der Waals surface area contributed by atoms with E-state index in [-0.39, 0.29) is 22.3 Å². The smallest absolute Gasteiger partial charge is 0.101 e. The number of rotatable bonds is 0. The molecule has 0 saturated carbocycles. The molecule has 0 N–H and O–H groups in total. The Morgan fingerprint density at radius 3 is 1.18 bits per heavy atom. The van der Waals surface area contributed by atoms with E-state index >= 15 is 0 Å². The van der Waals surface area contributed by atoms with E-state index in [1.54, 1.807) is 0 Å². The van der Waals surface area contributed by atoms with Crippen LogP contribution in [0.25, 0.3) is 0 Å². The molecule has 0 atom stereocenters. The monoisotopic (exact) mass is 256 g/mol. The van der Waals surface area contributed by atoms with Crippen molar-refractivity contribution in [3.05, 3.63) is 45.5 Å². The van der Waals surface area contributed by atoms with Crippen LogP contribution in [0.15, 0.2) is 28.7 Å². The number of furan rings is 1. The number of thiophene rings is 1. The summed E-state index contributed by atoms with van der Waals surface area (Å²) < 4.78 is 5.08. The zero-order chi connectivity index (χ0) is 10.6. The first kappa shape index (κ1) is 21.3. The first-order chi connectivity index (χ1) is 6.58. The molecule has 0 fully saturated rings. The summed E-state index contributed by atoms with van der Waals surface area (Å²) in [6, 6.07) is 8.19. The number of hydrogen-bond donors (Lipinski definition) is 0. The molecule has 0 bridgehead atoms. The number of aryl methyl sites for hydroxylation is 4. The van der Waals surface area contributed by atoms with Gasteiger partial charge in [-0.05, 0) is 52.0 Å². The molecule has 2 aromatic heterocycles. The summed E-state index contributed by atoms with van der Waals surface area (Å²) in [4.78, 5) is 2.80. The molecule has 0 radical (unpaired) electrons. The maximum atomic E-state index is 5.08. The van der Waals surface area contributed by atoms with E-state index in [2.05, 4.69) is 26.0 Å². The third-order valence-corrected chi connectivity index (χ3v) is 2.67. The molecule has 1 nitrogen and oxygen atoms in total. The molecule has 0 aliphatic heterocycles. The second-order valence-corrected chi connectivity index (χ2v) is 4.81. The Labute approximate surface area is 112 Å². The largest absolute Gasteiger partial charge is 0.467 e. The topological polar surface area (TPSA) is 13.1 Å². The summed E-state index contributed by atoms with van der Waals surface area (Å²) in [6.07, 6.45) is 0. The van der Waals surface area contributed by atoms with Crippen molar-refractivity contribution in [2.45, 2.75) is 50.0 Å². The molecule has 2 heterocycles. The standard InChI is InChI=1S/C6H8O.C6H8S.3CH4/c2*1-5-3-4-6(2)7-5;;;/h2*3-4H,1-2H3;3*1H4. The van der Waals surface area contributed by atoms with E-state index in [9.17, 15) is 0 Å². The SMILES string of the molecule is C.C.C.Cc1ccc(C)o1.Cc1ccc(C)s1. The van der Waals surface area contributed by atoms with Crippen LogP contribution in [-0.4, -0.2) is 0 Å². The van der Waals surface area contributed by atoms with Crippen LogP contribution >= 0.6 is 11.3 Å². The lowest BCUT2D eigenvalue weighted by molar-refractivity contribution is 0.504. The molecule has 0 saturated heterocycles. The Balaban J connectivity index is -0.000000196. The molecular formula is C15H28OS. The summed E-state index contributed by atoms with van der Waals surface area (Å²) >= 11 is 1.84. The molecule has 0 unspecified atom stereocenters. The van der Waals surface area contributed by atoms with Crippen LogP contribution in [0.2, 0.25) is 0 Å². The Morgan fingerprint density at radius 2 is 1.06 bits per heavy atom. The second kappa shape index (κ2) is 10.2. The van der Waals surface area contributed by atoms with Crippen molar-refractivity contribution in [2.75, 3.05) is 0 Å². The highest BCUT2D eigenvalue weighted by Crippen LogP contribution is 2.12. The number of hydrogen-bond acceptors (Lipinski definition) is 2. The van der Waals surface area contributed by atoms with Gasteiger partial charge in [-0.25, -0.2) is 0 Å². The highest BCUT2D eigenvalue weighted by molar-refractivity contribution is 7.11. The predicted octanol–water partition coefficient (Wildman–Crippen LogP) is 6.17. The van der Waals surface area contributed by atoms with Gasteiger partial charge < -0.3 is 4.42 Å². The van der Waals surface area contributed by atoms with Crippen LogP contribution in [0.5, 0.6) is 0 Å². The Kier molecular flexibility index (Phi) is 12.7. The first-order valence-corrected chi connectivity index (χ1v) is 5.45. The molecule has 2 aromatic rings. The molecule has 2 heteroatoms. The van der Waals surface area contributed by atoms with Crippen LogP contribution in [0, 0.1) is 27.7 Å². The van der Waals surface area contributed by atoms with Crippen molar-refractivity contribution in [1.82, 2.24) is 0 Å². The minimum absolute atomic E-state index is 0. The molecule has 0 aromatic carbocycles. The van der Waals surface area contributed by atoms with Gasteiger partial charge in [0.15, 0.2) is 0 Å². The maximum Gasteiger partial charge on any atom is 0.101 e. The predicted molar refractivity (Wildman–Crippen MR) is 82.2 cm³/mol. The average Bonchev–Trinajstić information content (AvgIpc) is 2.63. The highest BCUT2D eigenvalue weighted by Gasteiger charge is 1.85. The van der Waals surface area contributed by atoms with Crippen LogP contribution < -0.4 is 0 Å². The first-order valence-electron chi connectivity index (χ1n) is 4.64. The zero-order valence-electron chi connectivity index (χ0n) is 9.13. The fourth-order valence-corrected chi connectivity index (χ4v) is 1.89. The van der Waals surface area contributed by atoms with Crippen molar-refractivity contribution in [3.63, 3.8) is 0 Å². The van der Waals surface area contributed by atoms with Crippen molar-refractivity contribution < 1.29 is 4.42 Å². The molecule has 100 valence electrons. The van der Waals surface area contributed by atoms with E-state index in [1.807, 2.05) is 37.3 Å². The average molecular weight is 256 g/mol. The van der Waals surface area contributed by atoms with Crippen LogP contribution in [0.3, 0.4) is 0 Å². The fourth-order valence-electron chi connectivity index (χ4n) is 1.11. The van der Waals surface area contributed by atoms with E-state index in [4.69, 9.17) is 4.42 Å². The summed E-state index contributed by atoms with van der Waals surface area (Å²) in [5.74, 6) is 1.97. The lowest BCUT2D eigenvalue weighted by Gasteiger charge is -1.76. The van der Waals surface area contributed by atoms with E-state index in [0.717, 1.165) is 11.5 Å². The molecule has 17 heavy (non-hydrogen) atoms. The van der Waals surface area contributed by atoms with Crippen molar-refractivity contribution in [3.8, 4) is 0 Å². The lowest BCUT2D eigenvalue weighted by Crippen LogP contribution is -1.53. The van der Waals surface area contributed by atoms with Crippen LogP contribution in [0.1, 0.15) is 43.6 Å². The minimum Gasteiger partial charge on any atom is -0.467 e. The van der Waals surface area contributed by atoms with Gasteiger partial charge in [-0.15, -0.1) is 11.3 Å². The summed E-state index contributed by atoms with van der Waals surface area (Å²) in [7, 11) is 0. The Hall–Kier alpha value is -1.02. The fraction of sp³-hybridized carbons (Fsp3) is 0.467. The second-order valence-electron chi connectivity index (χ2n) is 3.31. The minimum atomic E-state index is 0. The van der Waals surface area contributed by atoms with Gasteiger partial charge in [0, 0.05) is 9.75 Å². The van der Waals surface area contributed by atoms with Crippen molar-refractivity contribution in [2.24, 2.45) is 0 Å². The highest BCUT2D eigenvalue weighted by atomic mass is 32.1. The van der Waals surface area contributed by atoms with Crippen molar-refractivity contribution in [1.29, 1.82) is 0 Å². The van der Waals surface area contributed by atoms with Crippen LogP contribution in [-0.2, 0) is 0 Å². The molecule has 0 spiro atoms. The van der Waals surface area contributed by atoms with Gasteiger partial charge >= 0.3 is 0 Å². The molecule has 0 amide bonds. The van der Waals surface area contributed by atoms with E-state index in [0.29, 0.717) is 0 Å². The van der Waals surface area contributed by atoms with Crippen molar-refractivity contribution >= 4 is 11.3 Å². The summed E-state index contributed by atoms with van der Waals surface area (Å²) in [6.45, 7) is 8.12. The van der Waals surface area contributed by atoms with Gasteiger partial charge in [0.1, 0.15) is 11.5 Å². The van der Waals surface area contributed by atoms with Gasteiger partial charge in [0.05, 0.1) is 0 Å². The molecule has 2 rings (SSSR count). The Morgan fingerprint density at radius 1 is 0.706 bits per heavy atom. The quantitative estimate of drug-likeness (QED) is 0.549. The normalized spacial score (nSPS) is 7.76. The summed E-state index contributed by atoms with van der Waals surface area (Å²) in [5, 5.41) is 0. The van der Waals surface area contributed by atoms with E-state index < -0.39 is 0 Å². The van der Waals surface area contributed by atoms with Gasteiger partial charge in [-0.3, -0.25) is 0 Å². The van der Waals surface area contributed by atoms with Crippen LogP contribution in [0.4, 0.5) is 0 Å². The van der Waals surface area contributed by atoms with Gasteiger partial charge in [0.2, 0.25) is 0 Å². The third-order valence-electron chi connectivity index (χ3n) is 1.75. The third kappa shape index (κ3) is 8.75.